The van der Waals surface area contributed by atoms with Crippen LogP contribution in [-0.4, -0.2) is 29.7 Å². The first-order valence-corrected chi connectivity index (χ1v) is 9.74. The van der Waals surface area contributed by atoms with Crippen molar-refractivity contribution in [2.24, 2.45) is 4.99 Å². The number of guanidine groups is 1. The SMILES string of the molecule is CN=C(NCc1noc(C)n1)NCC1(c2cccc(C(F)(F)F)c2)CCCCC1.I. The molecule has 6 nitrogen and oxygen atoms in total. The number of rotatable bonds is 5. The average molecular weight is 537 g/mol. The van der Waals surface area contributed by atoms with Gasteiger partial charge >= 0.3 is 6.18 Å². The van der Waals surface area contributed by atoms with Crippen molar-refractivity contribution in [1.82, 2.24) is 20.8 Å². The molecule has 1 aromatic carbocycles. The Hall–Kier alpha value is -1.85. The molecule has 0 unspecified atom stereocenters. The van der Waals surface area contributed by atoms with Crippen LogP contribution < -0.4 is 10.6 Å². The fourth-order valence-corrected chi connectivity index (χ4v) is 3.87. The lowest BCUT2D eigenvalue weighted by Crippen LogP contribution is -2.46. The first-order chi connectivity index (χ1) is 13.8. The molecule has 1 aliphatic rings. The molecular weight excluding hydrogens is 510 g/mol. The van der Waals surface area contributed by atoms with E-state index in [0.29, 0.717) is 30.8 Å². The second kappa shape index (κ2) is 10.5. The van der Waals surface area contributed by atoms with Crippen LogP contribution in [0.3, 0.4) is 0 Å². The average Bonchev–Trinajstić information content (AvgIpc) is 3.13. The zero-order chi connectivity index (χ0) is 20.9. The Morgan fingerprint density at radius 1 is 1.20 bits per heavy atom. The fourth-order valence-electron chi connectivity index (χ4n) is 3.87. The number of alkyl halides is 3. The molecule has 0 radical (unpaired) electrons. The number of hydrogen-bond acceptors (Lipinski definition) is 4. The molecule has 3 rings (SSSR count). The van der Waals surface area contributed by atoms with Crippen LogP contribution in [0.2, 0.25) is 0 Å². The molecule has 1 fully saturated rings. The van der Waals surface area contributed by atoms with E-state index < -0.39 is 11.7 Å². The van der Waals surface area contributed by atoms with E-state index in [1.807, 2.05) is 0 Å². The number of aryl methyl sites for hydroxylation is 1. The van der Waals surface area contributed by atoms with Gasteiger partial charge < -0.3 is 15.2 Å². The monoisotopic (exact) mass is 537 g/mol. The van der Waals surface area contributed by atoms with Gasteiger partial charge in [-0.2, -0.15) is 18.2 Å². The predicted molar refractivity (Wildman–Crippen MR) is 119 cm³/mol. The van der Waals surface area contributed by atoms with E-state index in [1.165, 1.54) is 12.1 Å². The Balaban J connectivity index is 0.00000320. The summed E-state index contributed by atoms with van der Waals surface area (Å²) in [7, 11) is 1.65. The van der Waals surface area contributed by atoms with Crippen LogP contribution >= 0.6 is 24.0 Å². The van der Waals surface area contributed by atoms with Crippen molar-refractivity contribution >= 4 is 29.9 Å². The lowest BCUT2D eigenvalue weighted by atomic mass is 9.69. The molecule has 0 spiro atoms. The van der Waals surface area contributed by atoms with Gasteiger partial charge in [0.25, 0.3) is 0 Å². The fraction of sp³-hybridized carbons (Fsp3) is 0.550. The van der Waals surface area contributed by atoms with Crippen molar-refractivity contribution in [1.29, 1.82) is 0 Å². The molecule has 0 saturated heterocycles. The summed E-state index contributed by atoms with van der Waals surface area (Å²) in [6.45, 7) is 2.55. The third-order valence-corrected chi connectivity index (χ3v) is 5.41. The van der Waals surface area contributed by atoms with Crippen molar-refractivity contribution in [3.8, 4) is 0 Å². The van der Waals surface area contributed by atoms with Gasteiger partial charge in [-0.3, -0.25) is 4.99 Å². The van der Waals surface area contributed by atoms with Crippen molar-refractivity contribution in [3.63, 3.8) is 0 Å². The molecule has 2 aromatic rings. The lowest BCUT2D eigenvalue weighted by molar-refractivity contribution is -0.137. The minimum Gasteiger partial charge on any atom is -0.356 e. The van der Waals surface area contributed by atoms with E-state index in [9.17, 15) is 13.2 Å². The summed E-state index contributed by atoms with van der Waals surface area (Å²) < 4.78 is 44.6. The Morgan fingerprint density at radius 2 is 1.93 bits per heavy atom. The van der Waals surface area contributed by atoms with E-state index in [2.05, 4.69) is 25.8 Å². The minimum absolute atomic E-state index is 0. The van der Waals surface area contributed by atoms with E-state index in [0.717, 1.165) is 43.7 Å². The van der Waals surface area contributed by atoms with E-state index in [-0.39, 0.29) is 29.4 Å². The third-order valence-electron chi connectivity index (χ3n) is 5.41. The second-order valence-electron chi connectivity index (χ2n) is 7.43. The second-order valence-corrected chi connectivity index (χ2v) is 7.43. The first-order valence-electron chi connectivity index (χ1n) is 9.74. The molecule has 1 aliphatic carbocycles. The summed E-state index contributed by atoms with van der Waals surface area (Å²) in [5.74, 6) is 1.54. The highest BCUT2D eigenvalue weighted by atomic mass is 127. The minimum atomic E-state index is -4.35. The molecule has 2 N–H and O–H groups in total. The molecule has 166 valence electrons. The van der Waals surface area contributed by atoms with E-state index in [4.69, 9.17) is 4.52 Å². The Labute approximate surface area is 191 Å². The van der Waals surface area contributed by atoms with Gasteiger partial charge in [0.15, 0.2) is 11.8 Å². The van der Waals surface area contributed by atoms with Crippen LogP contribution in [-0.2, 0) is 18.1 Å². The van der Waals surface area contributed by atoms with Crippen LogP contribution in [0.15, 0.2) is 33.8 Å². The zero-order valence-corrected chi connectivity index (χ0v) is 19.4. The van der Waals surface area contributed by atoms with Crippen LogP contribution in [0.25, 0.3) is 0 Å². The maximum Gasteiger partial charge on any atom is 0.416 e. The highest BCUT2D eigenvalue weighted by molar-refractivity contribution is 14.0. The number of nitrogens with one attached hydrogen (secondary N) is 2. The Bertz CT molecular complexity index is 847. The number of hydrogen-bond donors (Lipinski definition) is 2. The van der Waals surface area contributed by atoms with Crippen LogP contribution in [0.1, 0.15) is 54.9 Å². The molecule has 1 aromatic heterocycles. The predicted octanol–water partition coefficient (Wildman–Crippen LogP) is 4.58. The summed E-state index contributed by atoms with van der Waals surface area (Å²) >= 11 is 0. The van der Waals surface area contributed by atoms with Gasteiger partial charge in [-0.15, -0.1) is 24.0 Å². The van der Waals surface area contributed by atoms with Gasteiger partial charge in [0.2, 0.25) is 5.89 Å². The number of aliphatic imine (C=N–C) groups is 1. The van der Waals surface area contributed by atoms with Gasteiger partial charge in [0, 0.05) is 25.9 Å². The highest BCUT2D eigenvalue weighted by Crippen LogP contribution is 2.41. The van der Waals surface area contributed by atoms with Crippen molar-refractivity contribution < 1.29 is 17.7 Å². The Kier molecular flexibility index (Phi) is 8.51. The summed E-state index contributed by atoms with van der Waals surface area (Å²) in [5, 5.41) is 10.2. The highest BCUT2D eigenvalue weighted by Gasteiger charge is 2.37. The van der Waals surface area contributed by atoms with Gasteiger partial charge in [0.05, 0.1) is 12.1 Å². The summed E-state index contributed by atoms with van der Waals surface area (Å²) in [4.78, 5) is 8.34. The number of aromatic nitrogens is 2. The summed E-state index contributed by atoms with van der Waals surface area (Å²) in [5.41, 5.74) is -0.237. The molecule has 1 heterocycles. The first kappa shape index (κ1) is 24.4. The number of nitrogens with zero attached hydrogens (tertiary/aromatic N) is 3. The van der Waals surface area contributed by atoms with Gasteiger partial charge in [-0.05, 0) is 24.5 Å². The topological polar surface area (TPSA) is 75.3 Å². The molecule has 0 aliphatic heterocycles. The molecule has 30 heavy (non-hydrogen) atoms. The van der Waals surface area contributed by atoms with Crippen molar-refractivity contribution in [2.75, 3.05) is 13.6 Å². The standard InChI is InChI=1S/C20H26F3N5O.HI/c1-14-27-17(28-29-14)12-25-18(24-2)26-13-19(9-4-3-5-10-19)15-7-6-8-16(11-15)20(21,22)23;/h6-8,11H,3-5,9-10,12-13H2,1-2H3,(H2,24,25,26);1H. The third kappa shape index (κ3) is 6.08. The molecular formula is C20H27F3IN5O. The van der Waals surface area contributed by atoms with E-state index >= 15 is 0 Å². The normalized spacial score (nSPS) is 16.6. The molecule has 0 bridgehead atoms. The van der Waals surface area contributed by atoms with Crippen molar-refractivity contribution in [3.05, 3.63) is 47.1 Å². The van der Waals surface area contributed by atoms with Crippen LogP contribution in [0, 0.1) is 6.92 Å². The van der Waals surface area contributed by atoms with Crippen LogP contribution in [0.4, 0.5) is 13.2 Å². The van der Waals surface area contributed by atoms with Gasteiger partial charge in [-0.1, -0.05) is 42.6 Å². The van der Waals surface area contributed by atoms with E-state index in [1.54, 1.807) is 20.0 Å². The number of benzene rings is 1. The quantitative estimate of drug-likeness (QED) is 0.332. The molecule has 1 saturated carbocycles. The smallest absolute Gasteiger partial charge is 0.356 e. The molecule has 0 amide bonds. The number of halogens is 4. The van der Waals surface area contributed by atoms with Crippen molar-refractivity contribution in [2.45, 2.75) is 57.2 Å². The lowest BCUT2D eigenvalue weighted by Gasteiger charge is -2.38. The zero-order valence-electron chi connectivity index (χ0n) is 17.1. The summed E-state index contributed by atoms with van der Waals surface area (Å²) in [6.07, 6.45) is 0.410. The van der Waals surface area contributed by atoms with Gasteiger partial charge in [0.1, 0.15) is 0 Å². The maximum absolute atomic E-state index is 13.2. The largest absolute Gasteiger partial charge is 0.416 e. The van der Waals surface area contributed by atoms with Crippen LogP contribution in [0.5, 0.6) is 0 Å². The summed E-state index contributed by atoms with van der Waals surface area (Å²) in [6, 6.07) is 5.73. The maximum atomic E-state index is 13.2. The Morgan fingerprint density at radius 3 is 2.53 bits per heavy atom. The van der Waals surface area contributed by atoms with Gasteiger partial charge in [-0.25, -0.2) is 0 Å². The molecule has 10 heteroatoms. The molecule has 0 atom stereocenters.